The second-order valence-electron chi connectivity index (χ2n) is 6.00. The van der Waals surface area contributed by atoms with Gasteiger partial charge < -0.3 is 10.2 Å². The van der Waals surface area contributed by atoms with Crippen LogP contribution in [0.15, 0.2) is 0 Å². The van der Waals surface area contributed by atoms with Crippen LogP contribution in [0.5, 0.6) is 0 Å². The summed E-state index contributed by atoms with van der Waals surface area (Å²) in [5.41, 5.74) is 0. The monoisotopic (exact) mass is 260 g/mol. The van der Waals surface area contributed by atoms with Gasteiger partial charge in [-0.15, -0.1) is 12.4 Å². The molecule has 0 aromatic heterocycles. The average molecular weight is 261 g/mol. The number of nitrogens with zero attached hydrogens (tertiary/aromatic N) is 1. The minimum atomic E-state index is 0. The lowest BCUT2D eigenvalue weighted by Gasteiger charge is -2.36. The second-order valence-corrected chi connectivity index (χ2v) is 6.00. The zero-order valence-corrected chi connectivity index (χ0v) is 12.3. The fraction of sp³-hybridized carbons (Fsp3) is 1.00. The summed E-state index contributed by atoms with van der Waals surface area (Å²) >= 11 is 0. The molecular formula is C14H29ClN2. The Morgan fingerprint density at radius 3 is 2.41 bits per heavy atom. The van der Waals surface area contributed by atoms with Gasteiger partial charge in [-0.1, -0.05) is 19.8 Å². The number of rotatable bonds is 3. The summed E-state index contributed by atoms with van der Waals surface area (Å²) in [4.78, 5) is 2.70. The first-order chi connectivity index (χ1) is 7.78. The molecule has 1 aliphatic carbocycles. The van der Waals surface area contributed by atoms with Crippen LogP contribution in [-0.4, -0.2) is 37.6 Å². The molecule has 1 saturated heterocycles. The van der Waals surface area contributed by atoms with Gasteiger partial charge in [0.1, 0.15) is 0 Å². The Balaban J connectivity index is 0.00000144. The van der Waals surface area contributed by atoms with Crippen LogP contribution in [0.1, 0.15) is 45.4 Å². The topological polar surface area (TPSA) is 15.3 Å². The van der Waals surface area contributed by atoms with E-state index in [1.54, 1.807) is 0 Å². The van der Waals surface area contributed by atoms with Crippen molar-refractivity contribution >= 4 is 12.4 Å². The normalized spacial score (nSPS) is 32.1. The maximum atomic E-state index is 3.41. The van der Waals surface area contributed by atoms with E-state index < -0.39 is 0 Å². The summed E-state index contributed by atoms with van der Waals surface area (Å²) in [5, 5.41) is 3.41. The van der Waals surface area contributed by atoms with Crippen molar-refractivity contribution in [2.24, 2.45) is 11.8 Å². The number of piperidine rings is 1. The van der Waals surface area contributed by atoms with Gasteiger partial charge in [0.05, 0.1) is 0 Å². The van der Waals surface area contributed by atoms with Crippen molar-refractivity contribution in [3.63, 3.8) is 0 Å². The molecule has 3 heteroatoms. The van der Waals surface area contributed by atoms with Crippen molar-refractivity contribution in [3.05, 3.63) is 0 Å². The predicted molar refractivity (Wildman–Crippen MR) is 76.9 cm³/mol. The molecular weight excluding hydrogens is 232 g/mol. The van der Waals surface area contributed by atoms with Crippen LogP contribution in [0.2, 0.25) is 0 Å². The Labute approximate surface area is 113 Å². The summed E-state index contributed by atoms with van der Waals surface area (Å²) in [6, 6.07) is 0.779. The smallest absolute Gasteiger partial charge is 0.00884 e. The fourth-order valence-corrected chi connectivity index (χ4v) is 3.49. The Bertz CT molecular complexity index is 202. The summed E-state index contributed by atoms with van der Waals surface area (Å²) in [7, 11) is 2.10. The van der Waals surface area contributed by atoms with E-state index in [-0.39, 0.29) is 12.4 Å². The van der Waals surface area contributed by atoms with Crippen LogP contribution in [-0.2, 0) is 0 Å². The third kappa shape index (κ3) is 4.76. The van der Waals surface area contributed by atoms with Gasteiger partial charge in [-0.25, -0.2) is 0 Å². The van der Waals surface area contributed by atoms with Gasteiger partial charge in [-0.05, 0) is 57.7 Å². The Morgan fingerprint density at radius 1 is 1.12 bits per heavy atom. The van der Waals surface area contributed by atoms with E-state index in [1.165, 1.54) is 58.2 Å². The summed E-state index contributed by atoms with van der Waals surface area (Å²) in [5.74, 6) is 1.98. The highest BCUT2D eigenvalue weighted by atomic mass is 35.5. The second kappa shape index (κ2) is 7.60. The molecule has 1 saturated carbocycles. The molecule has 0 aromatic carbocycles. The van der Waals surface area contributed by atoms with Gasteiger partial charge in [-0.2, -0.15) is 0 Å². The molecule has 1 heterocycles. The fourth-order valence-electron chi connectivity index (χ4n) is 3.49. The standard InChI is InChI=1S/C14H28N2.ClH/c1-12-4-3-5-13(10-12)11-16-8-6-14(15-2)7-9-16;/h12-15H,3-11H2,1-2H3;1H. The molecule has 2 unspecified atom stereocenters. The average Bonchev–Trinajstić information content (AvgIpc) is 2.30. The molecule has 0 spiro atoms. The molecule has 0 bridgehead atoms. The van der Waals surface area contributed by atoms with E-state index in [0.717, 1.165) is 17.9 Å². The third-order valence-corrected chi connectivity index (χ3v) is 4.56. The van der Waals surface area contributed by atoms with E-state index >= 15 is 0 Å². The van der Waals surface area contributed by atoms with E-state index in [9.17, 15) is 0 Å². The van der Waals surface area contributed by atoms with Gasteiger partial charge in [0, 0.05) is 12.6 Å². The highest BCUT2D eigenvalue weighted by Gasteiger charge is 2.23. The molecule has 2 atom stereocenters. The molecule has 2 fully saturated rings. The third-order valence-electron chi connectivity index (χ3n) is 4.56. The van der Waals surface area contributed by atoms with Gasteiger partial charge >= 0.3 is 0 Å². The van der Waals surface area contributed by atoms with E-state index in [1.807, 2.05) is 0 Å². The molecule has 0 aromatic rings. The van der Waals surface area contributed by atoms with E-state index in [2.05, 4.69) is 24.2 Å². The molecule has 2 nitrogen and oxygen atoms in total. The van der Waals surface area contributed by atoms with Crippen molar-refractivity contribution in [1.29, 1.82) is 0 Å². The highest BCUT2D eigenvalue weighted by molar-refractivity contribution is 5.85. The lowest BCUT2D eigenvalue weighted by Crippen LogP contribution is -2.43. The zero-order valence-electron chi connectivity index (χ0n) is 11.5. The molecule has 0 radical (unpaired) electrons. The van der Waals surface area contributed by atoms with Crippen molar-refractivity contribution in [2.45, 2.75) is 51.5 Å². The first-order valence-electron chi connectivity index (χ1n) is 7.17. The molecule has 1 N–H and O–H groups in total. The number of halogens is 1. The van der Waals surface area contributed by atoms with Crippen LogP contribution in [0.25, 0.3) is 0 Å². The quantitative estimate of drug-likeness (QED) is 0.840. The van der Waals surface area contributed by atoms with Crippen molar-refractivity contribution in [2.75, 3.05) is 26.7 Å². The molecule has 0 amide bonds. The Hall–Kier alpha value is 0.210. The molecule has 2 rings (SSSR count). The van der Waals surface area contributed by atoms with Gasteiger partial charge in [0.25, 0.3) is 0 Å². The first-order valence-corrected chi connectivity index (χ1v) is 7.17. The molecule has 2 aliphatic rings. The van der Waals surface area contributed by atoms with Gasteiger partial charge in [0.2, 0.25) is 0 Å². The number of likely N-dealkylation sites (tertiary alicyclic amines) is 1. The van der Waals surface area contributed by atoms with Crippen molar-refractivity contribution in [1.82, 2.24) is 10.2 Å². The number of hydrogen-bond acceptors (Lipinski definition) is 2. The van der Waals surface area contributed by atoms with Gasteiger partial charge in [-0.3, -0.25) is 0 Å². The SMILES string of the molecule is CNC1CCN(CC2CCCC(C)C2)CC1.Cl. The number of nitrogens with one attached hydrogen (secondary N) is 1. The van der Waals surface area contributed by atoms with Crippen molar-refractivity contribution in [3.8, 4) is 0 Å². The minimum Gasteiger partial charge on any atom is -0.317 e. The summed E-state index contributed by atoms with van der Waals surface area (Å²) in [6.07, 6.45) is 8.59. The van der Waals surface area contributed by atoms with Crippen LogP contribution in [0, 0.1) is 11.8 Å². The molecule has 102 valence electrons. The van der Waals surface area contributed by atoms with E-state index in [4.69, 9.17) is 0 Å². The van der Waals surface area contributed by atoms with Crippen molar-refractivity contribution < 1.29 is 0 Å². The summed E-state index contributed by atoms with van der Waals surface area (Å²) in [6.45, 7) is 6.44. The maximum Gasteiger partial charge on any atom is 0.00884 e. The minimum absolute atomic E-state index is 0. The zero-order chi connectivity index (χ0) is 11.4. The van der Waals surface area contributed by atoms with Crippen LogP contribution in [0.4, 0.5) is 0 Å². The lowest BCUT2D eigenvalue weighted by molar-refractivity contribution is 0.145. The van der Waals surface area contributed by atoms with Crippen LogP contribution < -0.4 is 5.32 Å². The number of hydrogen-bond donors (Lipinski definition) is 1. The predicted octanol–water partition coefficient (Wildman–Crippen LogP) is 2.92. The summed E-state index contributed by atoms with van der Waals surface area (Å²) < 4.78 is 0. The molecule has 17 heavy (non-hydrogen) atoms. The Morgan fingerprint density at radius 2 is 1.82 bits per heavy atom. The maximum absolute atomic E-state index is 3.41. The first kappa shape index (κ1) is 15.3. The molecule has 1 aliphatic heterocycles. The van der Waals surface area contributed by atoms with Crippen LogP contribution in [0.3, 0.4) is 0 Å². The van der Waals surface area contributed by atoms with Gasteiger partial charge in [0.15, 0.2) is 0 Å². The highest BCUT2D eigenvalue weighted by Crippen LogP contribution is 2.29. The Kier molecular flexibility index (Phi) is 6.83. The van der Waals surface area contributed by atoms with Crippen LogP contribution >= 0.6 is 12.4 Å². The van der Waals surface area contributed by atoms with E-state index in [0.29, 0.717) is 0 Å². The lowest BCUT2D eigenvalue weighted by atomic mass is 9.82. The largest absolute Gasteiger partial charge is 0.317 e.